The maximum atomic E-state index is 4.37. The molecule has 0 saturated heterocycles. The van der Waals surface area contributed by atoms with Crippen molar-refractivity contribution in [3.05, 3.63) is 72.3 Å². The molecule has 2 nitrogen and oxygen atoms in total. The molecule has 0 amide bonds. The Hall–Kier alpha value is -2.48. The standard InChI is InChI=1S/C17H16N2/c1-13(14-9-5-4-6-10-14)17(19-3)15-11-7-8-12-16(15)18-2/h4-12H,1-2H2,3H3. The Morgan fingerprint density at radius 3 is 2.21 bits per heavy atom. The van der Waals surface area contributed by atoms with E-state index < -0.39 is 0 Å². The van der Waals surface area contributed by atoms with Gasteiger partial charge in [-0.2, -0.15) is 0 Å². The third kappa shape index (κ3) is 2.68. The predicted octanol–water partition coefficient (Wildman–Crippen LogP) is 4.15. The average Bonchev–Trinajstić information content (AvgIpc) is 2.49. The first-order valence-electron chi connectivity index (χ1n) is 6.05. The maximum absolute atomic E-state index is 4.37. The van der Waals surface area contributed by atoms with Gasteiger partial charge in [-0.05, 0) is 18.3 Å². The molecule has 2 rings (SSSR count). The smallest absolute Gasteiger partial charge is 0.0737 e. The highest BCUT2D eigenvalue weighted by Crippen LogP contribution is 2.25. The number of nitrogens with zero attached hydrogens (tertiary/aromatic N) is 2. The molecule has 0 atom stereocenters. The van der Waals surface area contributed by atoms with Crippen LogP contribution in [0.4, 0.5) is 5.69 Å². The molecule has 0 aliphatic rings. The summed E-state index contributed by atoms with van der Waals surface area (Å²) >= 11 is 0. The summed E-state index contributed by atoms with van der Waals surface area (Å²) in [6.45, 7) is 7.76. The van der Waals surface area contributed by atoms with E-state index in [-0.39, 0.29) is 0 Å². The summed E-state index contributed by atoms with van der Waals surface area (Å²) in [7, 11) is 1.77. The summed E-state index contributed by atoms with van der Waals surface area (Å²) in [5.41, 5.74) is 4.56. The Balaban J connectivity index is 2.47. The number of benzene rings is 2. The number of hydrogen-bond acceptors (Lipinski definition) is 2. The van der Waals surface area contributed by atoms with Gasteiger partial charge in [-0.1, -0.05) is 55.1 Å². The molecule has 0 N–H and O–H groups in total. The lowest BCUT2D eigenvalue weighted by Gasteiger charge is -2.11. The molecule has 0 aliphatic carbocycles. The molecule has 0 spiro atoms. The maximum Gasteiger partial charge on any atom is 0.0737 e. The Bertz CT molecular complexity index is 625. The van der Waals surface area contributed by atoms with Crippen molar-refractivity contribution in [2.24, 2.45) is 9.98 Å². The monoisotopic (exact) mass is 248 g/mol. The van der Waals surface area contributed by atoms with Crippen LogP contribution in [0.1, 0.15) is 11.1 Å². The van der Waals surface area contributed by atoms with Crippen LogP contribution >= 0.6 is 0 Å². The second-order valence-corrected chi connectivity index (χ2v) is 4.09. The molecule has 2 aromatic rings. The highest BCUT2D eigenvalue weighted by atomic mass is 14.7. The zero-order valence-electron chi connectivity index (χ0n) is 11.0. The number of aliphatic imine (C=N–C) groups is 2. The fraction of sp³-hybridized carbons (Fsp3) is 0.0588. The topological polar surface area (TPSA) is 24.7 Å². The van der Waals surface area contributed by atoms with E-state index in [4.69, 9.17) is 0 Å². The lowest BCUT2D eigenvalue weighted by molar-refractivity contribution is 1.42. The Labute approximate surface area is 113 Å². The van der Waals surface area contributed by atoms with Crippen molar-refractivity contribution in [2.45, 2.75) is 0 Å². The normalized spacial score (nSPS) is 11.1. The van der Waals surface area contributed by atoms with Crippen molar-refractivity contribution in [1.29, 1.82) is 0 Å². The molecule has 0 heterocycles. The van der Waals surface area contributed by atoms with Crippen molar-refractivity contribution >= 4 is 23.7 Å². The van der Waals surface area contributed by atoms with E-state index >= 15 is 0 Å². The first-order chi connectivity index (χ1) is 9.27. The summed E-state index contributed by atoms with van der Waals surface area (Å²) in [5, 5.41) is 0. The van der Waals surface area contributed by atoms with Crippen LogP contribution in [-0.2, 0) is 0 Å². The van der Waals surface area contributed by atoms with Gasteiger partial charge in [0.25, 0.3) is 0 Å². The second kappa shape index (κ2) is 5.91. The molecular formula is C17H16N2. The summed E-state index contributed by atoms with van der Waals surface area (Å²) in [6.07, 6.45) is 0. The van der Waals surface area contributed by atoms with Crippen molar-refractivity contribution in [3.8, 4) is 0 Å². The van der Waals surface area contributed by atoms with Crippen molar-refractivity contribution in [1.82, 2.24) is 0 Å². The molecule has 0 unspecified atom stereocenters. The van der Waals surface area contributed by atoms with E-state index in [1.165, 1.54) is 0 Å². The quantitative estimate of drug-likeness (QED) is 0.726. The van der Waals surface area contributed by atoms with E-state index in [0.29, 0.717) is 0 Å². The van der Waals surface area contributed by atoms with Gasteiger partial charge < -0.3 is 0 Å². The Morgan fingerprint density at radius 1 is 0.947 bits per heavy atom. The van der Waals surface area contributed by atoms with Crippen LogP contribution in [0.5, 0.6) is 0 Å². The van der Waals surface area contributed by atoms with Crippen LogP contribution in [0.3, 0.4) is 0 Å². The fourth-order valence-electron chi connectivity index (χ4n) is 2.01. The minimum atomic E-state index is 0.820. The number of hydrogen-bond donors (Lipinski definition) is 0. The van der Waals surface area contributed by atoms with E-state index in [1.54, 1.807) is 7.05 Å². The average molecular weight is 248 g/mol. The lowest BCUT2D eigenvalue weighted by Crippen LogP contribution is -2.04. The zero-order chi connectivity index (χ0) is 13.7. The minimum Gasteiger partial charge on any atom is -0.287 e. The van der Waals surface area contributed by atoms with Crippen molar-refractivity contribution in [3.63, 3.8) is 0 Å². The third-order valence-electron chi connectivity index (χ3n) is 2.96. The van der Waals surface area contributed by atoms with Gasteiger partial charge in [-0.3, -0.25) is 9.98 Å². The lowest BCUT2D eigenvalue weighted by atomic mass is 9.96. The van der Waals surface area contributed by atoms with Gasteiger partial charge in [0, 0.05) is 18.2 Å². The molecule has 2 aromatic carbocycles. The molecule has 0 aromatic heterocycles. The summed E-state index contributed by atoms with van der Waals surface area (Å²) in [5.74, 6) is 0. The third-order valence-corrected chi connectivity index (χ3v) is 2.96. The predicted molar refractivity (Wildman–Crippen MR) is 83.6 cm³/mol. The number of rotatable bonds is 4. The van der Waals surface area contributed by atoms with Crippen LogP contribution in [0.15, 0.2) is 71.2 Å². The summed E-state index contributed by atoms with van der Waals surface area (Å²) in [4.78, 5) is 8.42. The molecule has 0 aliphatic heterocycles. The minimum absolute atomic E-state index is 0.820. The van der Waals surface area contributed by atoms with E-state index in [9.17, 15) is 0 Å². The fourth-order valence-corrected chi connectivity index (χ4v) is 2.01. The molecule has 0 bridgehead atoms. The molecule has 94 valence electrons. The van der Waals surface area contributed by atoms with Gasteiger partial charge in [0.15, 0.2) is 0 Å². The Morgan fingerprint density at radius 2 is 1.58 bits per heavy atom. The highest BCUT2D eigenvalue weighted by Gasteiger charge is 2.12. The van der Waals surface area contributed by atoms with Gasteiger partial charge >= 0.3 is 0 Å². The van der Waals surface area contributed by atoms with Gasteiger partial charge in [0.1, 0.15) is 0 Å². The number of para-hydroxylation sites is 1. The van der Waals surface area contributed by atoms with Crippen LogP contribution in [0, 0.1) is 0 Å². The largest absolute Gasteiger partial charge is 0.287 e. The number of allylic oxidation sites excluding steroid dienone is 1. The van der Waals surface area contributed by atoms with Crippen molar-refractivity contribution in [2.75, 3.05) is 7.05 Å². The molecule has 2 heteroatoms. The first-order valence-corrected chi connectivity index (χ1v) is 6.05. The molecule has 0 radical (unpaired) electrons. The van der Waals surface area contributed by atoms with Crippen LogP contribution in [0.2, 0.25) is 0 Å². The van der Waals surface area contributed by atoms with Crippen molar-refractivity contribution < 1.29 is 0 Å². The van der Waals surface area contributed by atoms with Gasteiger partial charge in [0.05, 0.1) is 11.4 Å². The van der Waals surface area contributed by atoms with Crippen LogP contribution in [-0.4, -0.2) is 19.5 Å². The summed E-state index contributed by atoms with van der Waals surface area (Å²) in [6, 6.07) is 17.8. The van der Waals surface area contributed by atoms with Crippen LogP contribution < -0.4 is 0 Å². The SMILES string of the molecule is C=Nc1ccccc1C(=NC)C(=C)c1ccccc1. The molecule has 19 heavy (non-hydrogen) atoms. The first kappa shape index (κ1) is 13.0. The second-order valence-electron chi connectivity index (χ2n) is 4.09. The Kier molecular flexibility index (Phi) is 4.04. The van der Waals surface area contributed by atoms with E-state index in [2.05, 4.69) is 23.3 Å². The molecule has 0 fully saturated rings. The van der Waals surface area contributed by atoms with E-state index in [0.717, 1.165) is 28.1 Å². The van der Waals surface area contributed by atoms with Gasteiger partial charge in [0.2, 0.25) is 0 Å². The highest BCUT2D eigenvalue weighted by molar-refractivity contribution is 6.32. The zero-order valence-corrected chi connectivity index (χ0v) is 11.0. The van der Waals surface area contributed by atoms with E-state index in [1.807, 2.05) is 54.6 Å². The summed E-state index contributed by atoms with van der Waals surface area (Å²) < 4.78 is 0. The molecular weight excluding hydrogens is 232 g/mol. The van der Waals surface area contributed by atoms with Crippen LogP contribution in [0.25, 0.3) is 5.57 Å². The van der Waals surface area contributed by atoms with Gasteiger partial charge in [-0.25, -0.2) is 0 Å². The molecule has 0 saturated carbocycles. The van der Waals surface area contributed by atoms with Gasteiger partial charge in [-0.15, -0.1) is 0 Å².